The predicted molar refractivity (Wildman–Crippen MR) is 97.1 cm³/mol. The van der Waals surface area contributed by atoms with Crippen molar-refractivity contribution < 1.29 is 5.11 Å². The van der Waals surface area contributed by atoms with E-state index >= 15 is 0 Å². The number of thiophene rings is 1. The Labute approximate surface area is 146 Å². The number of aliphatic hydroxyl groups is 1. The SMILES string of the molecule is OCCC1CCCCN1c1ncnc2c1sc1ncc(Br)cc12. The van der Waals surface area contributed by atoms with E-state index < -0.39 is 0 Å². The van der Waals surface area contributed by atoms with Gasteiger partial charge in [0, 0.05) is 35.2 Å². The Balaban J connectivity index is 1.87. The van der Waals surface area contributed by atoms with Crippen LogP contribution >= 0.6 is 27.3 Å². The molecule has 1 unspecified atom stereocenters. The van der Waals surface area contributed by atoms with Gasteiger partial charge in [0.15, 0.2) is 0 Å². The molecule has 1 fully saturated rings. The summed E-state index contributed by atoms with van der Waals surface area (Å²) in [6.45, 7) is 1.21. The van der Waals surface area contributed by atoms with Gasteiger partial charge < -0.3 is 10.0 Å². The molecular weight excluding hydrogens is 376 g/mol. The molecule has 0 amide bonds. The normalized spacial score (nSPS) is 18.9. The third-order valence-electron chi connectivity index (χ3n) is 4.42. The highest BCUT2D eigenvalue weighted by molar-refractivity contribution is 9.10. The van der Waals surface area contributed by atoms with Crippen molar-refractivity contribution in [2.75, 3.05) is 18.1 Å². The number of hydrogen-bond acceptors (Lipinski definition) is 6. The summed E-state index contributed by atoms with van der Waals surface area (Å²) >= 11 is 5.14. The van der Waals surface area contributed by atoms with Crippen molar-refractivity contribution in [2.45, 2.75) is 31.7 Å². The molecule has 4 rings (SSSR count). The third-order valence-corrected chi connectivity index (χ3v) is 5.95. The first-order chi connectivity index (χ1) is 11.3. The lowest BCUT2D eigenvalue weighted by Crippen LogP contribution is -2.40. The topological polar surface area (TPSA) is 62.1 Å². The molecule has 0 radical (unpaired) electrons. The van der Waals surface area contributed by atoms with Crippen molar-refractivity contribution in [1.29, 1.82) is 0 Å². The van der Waals surface area contributed by atoms with Crippen molar-refractivity contribution in [3.05, 3.63) is 23.1 Å². The van der Waals surface area contributed by atoms with E-state index in [1.54, 1.807) is 17.7 Å². The van der Waals surface area contributed by atoms with E-state index in [-0.39, 0.29) is 6.61 Å². The van der Waals surface area contributed by atoms with Gasteiger partial charge in [-0.15, -0.1) is 11.3 Å². The summed E-state index contributed by atoms with van der Waals surface area (Å²) in [5.41, 5.74) is 0.970. The quantitative estimate of drug-likeness (QED) is 0.735. The Bertz CT molecular complexity index is 851. The minimum atomic E-state index is 0.219. The average molecular weight is 393 g/mol. The van der Waals surface area contributed by atoms with Gasteiger partial charge in [-0.1, -0.05) is 0 Å². The van der Waals surface area contributed by atoms with Crippen molar-refractivity contribution in [3.63, 3.8) is 0 Å². The molecule has 1 atom stereocenters. The molecule has 1 saturated heterocycles. The third kappa shape index (κ3) is 2.70. The number of rotatable bonds is 3. The highest BCUT2D eigenvalue weighted by Crippen LogP contribution is 2.38. The van der Waals surface area contributed by atoms with Gasteiger partial charge in [0.2, 0.25) is 0 Å². The number of pyridine rings is 1. The highest BCUT2D eigenvalue weighted by Gasteiger charge is 2.26. The molecular formula is C16H17BrN4OS. The second-order valence-electron chi connectivity index (χ2n) is 5.84. The molecule has 1 aliphatic heterocycles. The predicted octanol–water partition coefficient (Wildman–Crippen LogP) is 3.74. The molecule has 23 heavy (non-hydrogen) atoms. The van der Waals surface area contributed by atoms with Crippen LogP contribution in [0.2, 0.25) is 0 Å². The summed E-state index contributed by atoms with van der Waals surface area (Å²) in [6.07, 6.45) is 7.76. The van der Waals surface area contributed by atoms with E-state index in [2.05, 4.69) is 41.8 Å². The molecule has 0 saturated carbocycles. The van der Waals surface area contributed by atoms with E-state index in [9.17, 15) is 5.11 Å². The maximum absolute atomic E-state index is 9.37. The number of fused-ring (bicyclic) bond motifs is 3. The summed E-state index contributed by atoms with van der Waals surface area (Å²) in [5, 5.41) is 10.4. The summed E-state index contributed by atoms with van der Waals surface area (Å²) in [7, 11) is 0. The molecule has 120 valence electrons. The number of hydrogen-bond donors (Lipinski definition) is 1. The fourth-order valence-electron chi connectivity index (χ4n) is 3.36. The maximum Gasteiger partial charge on any atom is 0.150 e. The summed E-state index contributed by atoms with van der Waals surface area (Å²) < 4.78 is 2.05. The zero-order chi connectivity index (χ0) is 15.8. The Hall–Kier alpha value is -1.31. The minimum Gasteiger partial charge on any atom is -0.396 e. The van der Waals surface area contributed by atoms with Crippen molar-refractivity contribution in [1.82, 2.24) is 15.0 Å². The zero-order valence-corrected chi connectivity index (χ0v) is 15.0. The van der Waals surface area contributed by atoms with Crippen LogP contribution in [0, 0.1) is 0 Å². The van der Waals surface area contributed by atoms with E-state index in [1.807, 2.05) is 6.20 Å². The molecule has 1 N–H and O–H groups in total. The molecule has 0 spiro atoms. The van der Waals surface area contributed by atoms with Crippen LogP contribution < -0.4 is 4.90 Å². The van der Waals surface area contributed by atoms with Crippen LogP contribution in [-0.4, -0.2) is 39.3 Å². The van der Waals surface area contributed by atoms with Crippen LogP contribution in [0.5, 0.6) is 0 Å². The Morgan fingerprint density at radius 3 is 3.09 bits per heavy atom. The van der Waals surface area contributed by atoms with Crippen molar-refractivity contribution in [2.24, 2.45) is 0 Å². The van der Waals surface area contributed by atoms with Gasteiger partial charge in [-0.25, -0.2) is 15.0 Å². The second-order valence-corrected chi connectivity index (χ2v) is 7.75. The Morgan fingerprint density at radius 2 is 2.22 bits per heavy atom. The number of halogens is 1. The number of nitrogens with zero attached hydrogens (tertiary/aromatic N) is 4. The molecule has 7 heteroatoms. The average Bonchev–Trinajstić information content (AvgIpc) is 2.94. The Morgan fingerprint density at radius 1 is 1.30 bits per heavy atom. The summed E-state index contributed by atoms with van der Waals surface area (Å²) in [4.78, 5) is 16.9. The van der Waals surface area contributed by atoms with Crippen LogP contribution in [0.15, 0.2) is 23.1 Å². The van der Waals surface area contributed by atoms with Crippen LogP contribution in [0.3, 0.4) is 0 Å². The molecule has 3 aromatic rings. The first kappa shape index (κ1) is 15.2. The van der Waals surface area contributed by atoms with Gasteiger partial charge in [0.25, 0.3) is 0 Å². The smallest absolute Gasteiger partial charge is 0.150 e. The standard InChI is InChI=1S/C16H17BrN4OS/c17-10-7-12-13-14(23-16(12)18-8-10)15(20-9-19-13)21-5-2-1-3-11(21)4-6-22/h7-9,11,22H,1-6H2. The van der Waals surface area contributed by atoms with Gasteiger partial charge in [-0.05, 0) is 47.7 Å². The number of aliphatic hydroxyl groups excluding tert-OH is 1. The zero-order valence-electron chi connectivity index (χ0n) is 12.6. The highest BCUT2D eigenvalue weighted by atomic mass is 79.9. The van der Waals surface area contributed by atoms with Crippen LogP contribution in [-0.2, 0) is 0 Å². The minimum absolute atomic E-state index is 0.219. The van der Waals surface area contributed by atoms with E-state index in [1.165, 1.54) is 12.8 Å². The van der Waals surface area contributed by atoms with Gasteiger partial charge >= 0.3 is 0 Å². The van der Waals surface area contributed by atoms with Gasteiger partial charge in [0.1, 0.15) is 17.0 Å². The maximum atomic E-state index is 9.37. The largest absolute Gasteiger partial charge is 0.396 e. The van der Waals surface area contributed by atoms with Crippen LogP contribution in [0.25, 0.3) is 20.4 Å². The van der Waals surface area contributed by atoms with Crippen LogP contribution in [0.1, 0.15) is 25.7 Å². The molecule has 0 bridgehead atoms. The first-order valence-electron chi connectivity index (χ1n) is 7.84. The molecule has 5 nitrogen and oxygen atoms in total. The second kappa shape index (κ2) is 6.30. The number of aromatic nitrogens is 3. The molecule has 4 heterocycles. The van der Waals surface area contributed by atoms with Crippen molar-refractivity contribution in [3.8, 4) is 0 Å². The van der Waals surface area contributed by atoms with Gasteiger partial charge in [-0.3, -0.25) is 0 Å². The van der Waals surface area contributed by atoms with E-state index in [4.69, 9.17) is 0 Å². The lowest BCUT2D eigenvalue weighted by atomic mass is 9.99. The van der Waals surface area contributed by atoms with E-state index in [0.717, 1.165) is 50.1 Å². The number of piperidine rings is 1. The number of anilines is 1. The lowest BCUT2D eigenvalue weighted by Gasteiger charge is -2.36. The van der Waals surface area contributed by atoms with Gasteiger partial charge in [-0.2, -0.15) is 0 Å². The summed E-state index contributed by atoms with van der Waals surface area (Å²) in [6, 6.07) is 2.43. The lowest BCUT2D eigenvalue weighted by molar-refractivity contribution is 0.262. The monoisotopic (exact) mass is 392 g/mol. The molecule has 1 aliphatic rings. The first-order valence-corrected chi connectivity index (χ1v) is 9.45. The van der Waals surface area contributed by atoms with Gasteiger partial charge in [0.05, 0.1) is 10.2 Å². The summed E-state index contributed by atoms with van der Waals surface area (Å²) in [5.74, 6) is 0.993. The fraction of sp³-hybridized carbons (Fsp3) is 0.438. The molecule has 0 aliphatic carbocycles. The molecule has 0 aromatic carbocycles. The Kier molecular flexibility index (Phi) is 4.17. The van der Waals surface area contributed by atoms with Crippen molar-refractivity contribution >= 4 is 53.5 Å². The van der Waals surface area contributed by atoms with E-state index in [0.29, 0.717) is 6.04 Å². The fourth-order valence-corrected chi connectivity index (χ4v) is 4.77. The van der Waals surface area contributed by atoms with Crippen LogP contribution in [0.4, 0.5) is 5.82 Å². The molecule has 3 aromatic heterocycles.